The lowest BCUT2D eigenvalue weighted by molar-refractivity contribution is -0.118. The van der Waals surface area contributed by atoms with Gasteiger partial charge in [0.1, 0.15) is 5.75 Å². The van der Waals surface area contributed by atoms with E-state index in [0.717, 1.165) is 0 Å². The third-order valence-corrected chi connectivity index (χ3v) is 5.30. The molecule has 2 heterocycles. The Kier molecular flexibility index (Phi) is 5.35. The van der Waals surface area contributed by atoms with Gasteiger partial charge in [0.25, 0.3) is 15.9 Å². The second-order valence-electron chi connectivity index (χ2n) is 6.05. The molecule has 1 aliphatic rings. The maximum absolute atomic E-state index is 12.4. The average molecular weight is 428 g/mol. The summed E-state index contributed by atoms with van der Waals surface area (Å²) in [5.41, 5.74) is 0.421. The lowest BCUT2D eigenvalue weighted by atomic mass is 10.3. The van der Waals surface area contributed by atoms with Gasteiger partial charge in [0.05, 0.1) is 4.90 Å². The fourth-order valence-corrected chi connectivity index (χ4v) is 3.52. The van der Waals surface area contributed by atoms with Crippen LogP contribution < -0.4 is 24.2 Å². The van der Waals surface area contributed by atoms with Crippen molar-refractivity contribution in [2.24, 2.45) is 0 Å². The van der Waals surface area contributed by atoms with Crippen LogP contribution in [-0.4, -0.2) is 37.7 Å². The van der Waals surface area contributed by atoms with E-state index in [1.54, 1.807) is 24.3 Å². The fraction of sp³-hybridized carbons (Fsp3) is 0.105. The molecule has 0 saturated carbocycles. The SMILES string of the molecule is O=C(COc1ccc2c(c1)OCO2)Nc1ccc(S(=O)(=O)Nc2ncccn2)cc1. The predicted octanol–water partition coefficient (Wildman–Crippen LogP) is 2.02. The Labute approximate surface area is 171 Å². The number of carbonyl (C=O) groups excluding carboxylic acids is 1. The highest BCUT2D eigenvalue weighted by Crippen LogP contribution is 2.35. The van der Waals surface area contributed by atoms with Crippen molar-refractivity contribution in [2.75, 3.05) is 23.4 Å². The molecule has 0 spiro atoms. The van der Waals surface area contributed by atoms with Gasteiger partial charge in [-0.05, 0) is 42.5 Å². The third-order valence-electron chi connectivity index (χ3n) is 3.95. The minimum atomic E-state index is -3.84. The van der Waals surface area contributed by atoms with Gasteiger partial charge in [-0.25, -0.2) is 23.1 Å². The van der Waals surface area contributed by atoms with E-state index in [1.165, 1.54) is 36.7 Å². The molecule has 30 heavy (non-hydrogen) atoms. The number of nitrogens with zero attached hydrogens (tertiary/aromatic N) is 2. The molecule has 0 fully saturated rings. The van der Waals surface area contributed by atoms with Crippen molar-refractivity contribution in [3.63, 3.8) is 0 Å². The normalized spacial score (nSPS) is 12.3. The Bertz CT molecular complexity index is 1150. The minimum Gasteiger partial charge on any atom is -0.484 e. The van der Waals surface area contributed by atoms with Crippen molar-refractivity contribution in [1.29, 1.82) is 0 Å². The molecular weight excluding hydrogens is 412 g/mol. The van der Waals surface area contributed by atoms with Crippen LogP contribution in [0.2, 0.25) is 0 Å². The number of hydrogen-bond acceptors (Lipinski definition) is 8. The summed E-state index contributed by atoms with van der Waals surface area (Å²) in [6.07, 6.45) is 2.85. The van der Waals surface area contributed by atoms with Gasteiger partial charge in [-0.3, -0.25) is 4.79 Å². The number of hydrogen-bond donors (Lipinski definition) is 2. The zero-order chi connectivity index (χ0) is 21.0. The summed E-state index contributed by atoms with van der Waals surface area (Å²) in [5.74, 6) is 1.20. The predicted molar refractivity (Wildman–Crippen MR) is 106 cm³/mol. The van der Waals surface area contributed by atoms with Crippen molar-refractivity contribution in [1.82, 2.24) is 9.97 Å². The van der Waals surface area contributed by atoms with Gasteiger partial charge in [-0.15, -0.1) is 0 Å². The van der Waals surface area contributed by atoms with Gasteiger partial charge in [-0.2, -0.15) is 0 Å². The highest BCUT2D eigenvalue weighted by molar-refractivity contribution is 7.92. The molecule has 154 valence electrons. The first kappa shape index (κ1) is 19.5. The van der Waals surface area contributed by atoms with Crippen molar-refractivity contribution < 1.29 is 27.4 Å². The minimum absolute atomic E-state index is 0.00422. The lowest BCUT2D eigenvalue weighted by Crippen LogP contribution is -2.20. The zero-order valence-electron chi connectivity index (χ0n) is 15.4. The molecule has 0 bridgehead atoms. The summed E-state index contributed by atoms with van der Waals surface area (Å²) in [5, 5.41) is 2.63. The molecule has 2 N–H and O–H groups in total. The van der Waals surface area contributed by atoms with Gasteiger partial charge in [0.2, 0.25) is 12.7 Å². The molecule has 4 rings (SSSR count). The number of fused-ring (bicyclic) bond motifs is 1. The van der Waals surface area contributed by atoms with Gasteiger partial charge >= 0.3 is 0 Å². The molecule has 3 aromatic rings. The first-order valence-electron chi connectivity index (χ1n) is 8.72. The van der Waals surface area contributed by atoms with Crippen LogP contribution in [0.1, 0.15) is 0 Å². The molecule has 0 saturated heterocycles. The molecule has 1 aliphatic heterocycles. The number of sulfonamides is 1. The Morgan fingerprint density at radius 1 is 1.03 bits per heavy atom. The number of aromatic nitrogens is 2. The Balaban J connectivity index is 1.33. The number of nitrogens with one attached hydrogen (secondary N) is 2. The molecule has 0 radical (unpaired) electrons. The van der Waals surface area contributed by atoms with Crippen LogP contribution in [0.25, 0.3) is 0 Å². The van der Waals surface area contributed by atoms with Gasteiger partial charge < -0.3 is 19.5 Å². The first-order chi connectivity index (χ1) is 14.5. The van der Waals surface area contributed by atoms with Crippen molar-refractivity contribution in [3.05, 3.63) is 60.9 Å². The average Bonchev–Trinajstić information content (AvgIpc) is 3.21. The maximum Gasteiger partial charge on any atom is 0.264 e. The van der Waals surface area contributed by atoms with E-state index < -0.39 is 15.9 Å². The van der Waals surface area contributed by atoms with Crippen LogP contribution in [0, 0.1) is 0 Å². The van der Waals surface area contributed by atoms with Crippen LogP contribution in [0.3, 0.4) is 0 Å². The number of anilines is 2. The topological polar surface area (TPSA) is 129 Å². The molecule has 10 nitrogen and oxygen atoms in total. The van der Waals surface area contributed by atoms with E-state index in [1.807, 2.05) is 0 Å². The van der Waals surface area contributed by atoms with Gasteiger partial charge in [0.15, 0.2) is 18.1 Å². The third kappa shape index (κ3) is 4.58. The van der Waals surface area contributed by atoms with E-state index in [-0.39, 0.29) is 24.2 Å². The summed E-state index contributed by atoms with van der Waals surface area (Å²) in [4.78, 5) is 19.8. The van der Waals surface area contributed by atoms with Gasteiger partial charge in [-0.1, -0.05) is 0 Å². The quantitative estimate of drug-likeness (QED) is 0.585. The number of benzene rings is 2. The van der Waals surface area contributed by atoms with Crippen LogP contribution in [-0.2, 0) is 14.8 Å². The number of ether oxygens (including phenoxy) is 3. The zero-order valence-corrected chi connectivity index (χ0v) is 16.3. The van der Waals surface area contributed by atoms with E-state index in [2.05, 4.69) is 20.0 Å². The highest BCUT2D eigenvalue weighted by Gasteiger charge is 2.16. The van der Waals surface area contributed by atoms with Crippen molar-refractivity contribution in [2.45, 2.75) is 4.90 Å². The summed E-state index contributed by atoms with van der Waals surface area (Å²) in [6, 6.07) is 12.2. The van der Waals surface area contributed by atoms with E-state index in [4.69, 9.17) is 14.2 Å². The molecule has 2 aromatic carbocycles. The van der Waals surface area contributed by atoms with E-state index in [9.17, 15) is 13.2 Å². The van der Waals surface area contributed by atoms with Gasteiger partial charge in [0, 0.05) is 24.1 Å². The Hall–Kier alpha value is -3.86. The number of rotatable bonds is 7. The first-order valence-corrected chi connectivity index (χ1v) is 10.2. The molecular formula is C19H16N4O6S. The Morgan fingerprint density at radius 3 is 2.53 bits per heavy atom. The van der Waals surface area contributed by atoms with E-state index >= 15 is 0 Å². The smallest absolute Gasteiger partial charge is 0.264 e. The largest absolute Gasteiger partial charge is 0.484 e. The standard InChI is InChI=1S/C19H16N4O6S/c24-18(11-27-14-4-7-16-17(10-14)29-12-28-16)22-13-2-5-15(6-3-13)30(25,26)23-19-20-8-1-9-21-19/h1-10H,11-12H2,(H,22,24)(H,20,21,23). The number of carbonyl (C=O) groups is 1. The molecule has 0 unspecified atom stereocenters. The molecule has 0 atom stereocenters. The monoisotopic (exact) mass is 428 g/mol. The molecule has 11 heteroatoms. The summed E-state index contributed by atoms with van der Waals surface area (Å²) >= 11 is 0. The molecule has 1 aromatic heterocycles. The molecule has 1 amide bonds. The molecule has 0 aliphatic carbocycles. The second-order valence-corrected chi connectivity index (χ2v) is 7.74. The fourth-order valence-electron chi connectivity index (χ4n) is 2.56. The summed E-state index contributed by atoms with van der Waals surface area (Å²) in [6.45, 7) is -0.0779. The number of amides is 1. The summed E-state index contributed by atoms with van der Waals surface area (Å²) < 4.78 is 42.9. The van der Waals surface area contributed by atoms with Crippen molar-refractivity contribution in [3.8, 4) is 17.2 Å². The highest BCUT2D eigenvalue weighted by atomic mass is 32.2. The van der Waals surface area contributed by atoms with Crippen LogP contribution >= 0.6 is 0 Å². The van der Waals surface area contributed by atoms with Crippen LogP contribution in [0.5, 0.6) is 17.2 Å². The van der Waals surface area contributed by atoms with Crippen molar-refractivity contribution >= 4 is 27.6 Å². The van der Waals surface area contributed by atoms with Crippen LogP contribution in [0.4, 0.5) is 11.6 Å². The van der Waals surface area contributed by atoms with Crippen LogP contribution in [0.15, 0.2) is 65.8 Å². The van der Waals surface area contributed by atoms with E-state index in [0.29, 0.717) is 22.9 Å². The Morgan fingerprint density at radius 2 is 1.77 bits per heavy atom. The lowest BCUT2D eigenvalue weighted by Gasteiger charge is -2.09. The maximum atomic E-state index is 12.4. The second kappa shape index (κ2) is 8.25. The summed E-state index contributed by atoms with van der Waals surface area (Å²) in [7, 11) is -3.84.